The zero-order valence-corrected chi connectivity index (χ0v) is 14.2. The molecule has 0 aromatic carbocycles. The van der Waals surface area contributed by atoms with Crippen LogP contribution in [0.1, 0.15) is 27.3 Å². The van der Waals surface area contributed by atoms with E-state index in [0.717, 1.165) is 18.5 Å². The van der Waals surface area contributed by atoms with Gasteiger partial charge in [-0.15, -0.1) is 0 Å². The van der Waals surface area contributed by atoms with Crippen LogP contribution in [0.5, 0.6) is 5.75 Å². The first-order valence-corrected chi connectivity index (χ1v) is 7.83. The number of methoxy groups -OCH3 is 1. The number of aromatic nitrogens is 3. The van der Waals surface area contributed by atoms with E-state index in [2.05, 4.69) is 19.9 Å². The summed E-state index contributed by atoms with van der Waals surface area (Å²) in [5, 5.41) is 0. The summed E-state index contributed by atoms with van der Waals surface area (Å²) in [5.74, 6) is 0.561. The second kappa shape index (κ2) is 6.92. The predicted octanol–water partition coefficient (Wildman–Crippen LogP) is 1.14. The van der Waals surface area contributed by atoms with E-state index in [1.54, 1.807) is 12.0 Å². The fraction of sp³-hybridized carbons (Fsp3) is 0.412. The molecule has 24 heavy (non-hydrogen) atoms. The molecule has 0 spiro atoms. The summed E-state index contributed by atoms with van der Waals surface area (Å²) in [6.07, 6.45) is 7.61. The van der Waals surface area contributed by atoms with Gasteiger partial charge < -0.3 is 14.5 Å². The van der Waals surface area contributed by atoms with Crippen molar-refractivity contribution in [1.29, 1.82) is 0 Å². The Balaban J connectivity index is 1.78. The molecule has 2 aromatic rings. The molecule has 0 aliphatic carbocycles. The second-order valence-corrected chi connectivity index (χ2v) is 6.10. The monoisotopic (exact) mass is 327 g/mol. The highest BCUT2D eigenvalue weighted by Crippen LogP contribution is 2.23. The van der Waals surface area contributed by atoms with E-state index < -0.39 is 0 Å². The Labute approximate surface area is 141 Å². The molecule has 0 bridgehead atoms. The normalized spacial score (nSPS) is 13.8. The van der Waals surface area contributed by atoms with Crippen LogP contribution in [0.2, 0.25) is 0 Å². The number of nitrogens with zero attached hydrogens (tertiary/aromatic N) is 5. The van der Waals surface area contributed by atoms with Gasteiger partial charge in [0.2, 0.25) is 5.82 Å². The summed E-state index contributed by atoms with van der Waals surface area (Å²) < 4.78 is 5.02. The van der Waals surface area contributed by atoms with E-state index in [0.29, 0.717) is 18.8 Å². The van der Waals surface area contributed by atoms with E-state index >= 15 is 0 Å². The molecule has 1 aliphatic heterocycles. The number of pyridine rings is 1. The molecule has 0 radical (unpaired) electrons. The Morgan fingerprint density at radius 3 is 2.67 bits per heavy atom. The Hall–Kier alpha value is -2.54. The molecule has 3 heterocycles. The molecule has 126 valence electrons. The van der Waals surface area contributed by atoms with Crippen LogP contribution in [0.15, 0.2) is 24.8 Å². The number of hydrogen-bond donors (Lipinski definition) is 0. The van der Waals surface area contributed by atoms with E-state index in [1.165, 1.54) is 23.5 Å². The lowest BCUT2D eigenvalue weighted by molar-refractivity contribution is 0.0721. The molecule has 3 rings (SSSR count). The van der Waals surface area contributed by atoms with Gasteiger partial charge in [-0.2, -0.15) is 0 Å². The first-order chi connectivity index (χ1) is 11.6. The molecule has 0 atom stereocenters. The van der Waals surface area contributed by atoms with Crippen molar-refractivity contribution >= 4 is 5.91 Å². The van der Waals surface area contributed by atoms with E-state index in [4.69, 9.17) is 4.74 Å². The summed E-state index contributed by atoms with van der Waals surface area (Å²) in [5.41, 5.74) is 3.63. The van der Waals surface area contributed by atoms with Crippen molar-refractivity contribution in [3.8, 4) is 5.75 Å². The quantitative estimate of drug-likeness (QED) is 0.839. The van der Waals surface area contributed by atoms with Crippen molar-refractivity contribution in [2.45, 2.75) is 19.5 Å². The smallest absolute Gasteiger partial charge is 0.291 e. The van der Waals surface area contributed by atoms with Gasteiger partial charge in [0.05, 0.1) is 19.5 Å². The van der Waals surface area contributed by atoms with E-state index in [-0.39, 0.29) is 11.7 Å². The third kappa shape index (κ3) is 3.35. The van der Waals surface area contributed by atoms with Gasteiger partial charge in [-0.05, 0) is 37.2 Å². The highest BCUT2D eigenvalue weighted by Gasteiger charge is 2.25. The Bertz CT molecular complexity index is 730. The highest BCUT2D eigenvalue weighted by atomic mass is 16.5. The zero-order chi connectivity index (χ0) is 17.1. The minimum atomic E-state index is -0.165. The molecule has 1 aliphatic rings. The fourth-order valence-corrected chi connectivity index (χ4v) is 2.89. The summed E-state index contributed by atoms with van der Waals surface area (Å²) in [4.78, 5) is 29.0. The third-order valence-electron chi connectivity index (χ3n) is 4.06. The van der Waals surface area contributed by atoms with Crippen LogP contribution < -0.4 is 4.74 Å². The molecule has 7 heteroatoms. The van der Waals surface area contributed by atoms with E-state index in [1.807, 2.05) is 26.5 Å². The van der Waals surface area contributed by atoms with Gasteiger partial charge in [0.15, 0.2) is 5.75 Å². The minimum Gasteiger partial charge on any atom is -0.494 e. The van der Waals surface area contributed by atoms with Crippen molar-refractivity contribution in [1.82, 2.24) is 24.8 Å². The maximum absolute atomic E-state index is 12.6. The van der Waals surface area contributed by atoms with Crippen molar-refractivity contribution in [3.63, 3.8) is 0 Å². The fourth-order valence-electron chi connectivity index (χ4n) is 2.89. The Kier molecular flexibility index (Phi) is 4.71. The number of rotatable bonds is 4. The minimum absolute atomic E-state index is 0.165. The van der Waals surface area contributed by atoms with Gasteiger partial charge in [-0.3, -0.25) is 9.78 Å². The van der Waals surface area contributed by atoms with Gasteiger partial charge in [0, 0.05) is 32.0 Å². The lowest BCUT2D eigenvalue weighted by Crippen LogP contribution is -2.37. The van der Waals surface area contributed by atoms with Crippen LogP contribution in [0.25, 0.3) is 0 Å². The number of carbonyl (C=O) groups excluding carboxylic acids is 1. The molecule has 0 unspecified atom stereocenters. The average Bonchev–Trinajstić information content (AvgIpc) is 2.60. The zero-order valence-electron chi connectivity index (χ0n) is 14.2. The topological polar surface area (TPSA) is 71.5 Å². The SMILES string of the molecule is COc1cnc(C(=O)N2CCc3c(CN(C)C)cncc3C2)nc1. The number of amides is 1. The maximum Gasteiger partial charge on any atom is 0.291 e. The van der Waals surface area contributed by atoms with Gasteiger partial charge in [-0.1, -0.05) is 0 Å². The number of hydrogen-bond acceptors (Lipinski definition) is 6. The average molecular weight is 327 g/mol. The molecule has 0 saturated heterocycles. The maximum atomic E-state index is 12.6. The molecular weight excluding hydrogens is 306 g/mol. The van der Waals surface area contributed by atoms with Gasteiger partial charge in [-0.25, -0.2) is 9.97 Å². The molecule has 2 aromatic heterocycles. The number of ether oxygens (including phenoxy) is 1. The van der Waals surface area contributed by atoms with Crippen molar-refractivity contribution in [2.75, 3.05) is 27.7 Å². The summed E-state index contributed by atoms with van der Waals surface area (Å²) in [7, 11) is 5.62. The Morgan fingerprint density at radius 1 is 1.25 bits per heavy atom. The first-order valence-electron chi connectivity index (χ1n) is 7.83. The molecule has 0 fully saturated rings. The first kappa shape index (κ1) is 16.3. The standard InChI is InChI=1S/C17H21N5O2/c1-21(2)10-12-6-18-7-13-11-22(5-4-15(12)13)17(23)16-19-8-14(24-3)9-20-16/h6-9H,4-5,10-11H2,1-3H3. The highest BCUT2D eigenvalue weighted by molar-refractivity contribution is 5.90. The largest absolute Gasteiger partial charge is 0.494 e. The summed E-state index contributed by atoms with van der Waals surface area (Å²) in [6.45, 7) is 2.05. The third-order valence-corrected chi connectivity index (χ3v) is 4.06. The van der Waals surface area contributed by atoms with Crippen LogP contribution >= 0.6 is 0 Å². The predicted molar refractivity (Wildman–Crippen MR) is 88.7 cm³/mol. The molecular formula is C17H21N5O2. The summed E-state index contributed by atoms with van der Waals surface area (Å²) >= 11 is 0. The molecule has 1 amide bonds. The number of fused-ring (bicyclic) bond motifs is 1. The van der Waals surface area contributed by atoms with Crippen molar-refractivity contribution in [3.05, 3.63) is 47.3 Å². The summed E-state index contributed by atoms with van der Waals surface area (Å²) in [6, 6.07) is 0. The van der Waals surface area contributed by atoms with Crippen LogP contribution in [-0.4, -0.2) is 58.4 Å². The molecule has 0 saturated carbocycles. The van der Waals surface area contributed by atoms with Gasteiger partial charge in [0.1, 0.15) is 0 Å². The van der Waals surface area contributed by atoms with Crippen LogP contribution in [0.4, 0.5) is 0 Å². The number of carbonyl (C=O) groups is 1. The Morgan fingerprint density at radius 2 is 2.00 bits per heavy atom. The second-order valence-electron chi connectivity index (χ2n) is 6.10. The van der Waals surface area contributed by atoms with Crippen LogP contribution in [0.3, 0.4) is 0 Å². The van der Waals surface area contributed by atoms with Gasteiger partial charge in [0.25, 0.3) is 5.91 Å². The molecule has 0 N–H and O–H groups in total. The van der Waals surface area contributed by atoms with Crippen LogP contribution in [0, 0.1) is 0 Å². The van der Waals surface area contributed by atoms with Crippen molar-refractivity contribution in [2.24, 2.45) is 0 Å². The van der Waals surface area contributed by atoms with Crippen LogP contribution in [-0.2, 0) is 19.5 Å². The lowest BCUT2D eigenvalue weighted by Gasteiger charge is -2.29. The van der Waals surface area contributed by atoms with E-state index in [9.17, 15) is 4.79 Å². The molecule has 7 nitrogen and oxygen atoms in total. The lowest BCUT2D eigenvalue weighted by atomic mass is 9.97. The van der Waals surface area contributed by atoms with Crippen molar-refractivity contribution < 1.29 is 9.53 Å². The van der Waals surface area contributed by atoms with Gasteiger partial charge >= 0.3 is 0 Å².